The molecule has 2 N–H and O–H groups in total. The number of hydrogen-bond donors (Lipinski definition) is 2. The molecule has 0 bridgehead atoms. The maximum atomic E-state index is 12.5. The van der Waals surface area contributed by atoms with E-state index in [0.29, 0.717) is 18.0 Å². The van der Waals surface area contributed by atoms with Crippen molar-refractivity contribution in [1.82, 2.24) is 9.62 Å². The Morgan fingerprint density at radius 1 is 1.27 bits per heavy atom. The van der Waals surface area contributed by atoms with Crippen molar-refractivity contribution >= 4 is 21.6 Å². The molecule has 0 radical (unpaired) electrons. The predicted octanol–water partition coefficient (Wildman–Crippen LogP) is 0.797. The highest BCUT2D eigenvalue weighted by Gasteiger charge is 2.35. The Hall–Kier alpha value is -1.68. The van der Waals surface area contributed by atoms with Gasteiger partial charge in [-0.3, -0.25) is 9.69 Å². The Balaban J connectivity index is 1.59. The number of carbonyl (C=O) groups excluding carboxylic acids is 1. The molecule has 2 aliphatic heterocycles. The molecule has 8 nitrogen and oxygen atoms in total. The zero-order valence-corrected chi connectivity index (χ0v) is 15.9. The molecule has 0 unspecified atom stereocenters. The quantitative estimate of drug-likeness (QED) is 0.705. The van der Waals surface area contributed by atoms with Crippen LogP contribution in [0.1, 0.15) is 20.3 Å². The van der Waals surface area contributed by atoms with Gasteiger partial charge in [-0.05, 0) is 45.0 Å². The number of sulfonamides is 1. The first-order valence-electron chi connectivity index (χ1n) is 8.72. The van der Waals surface area contributed by atoms with E-state index in [4.69, 9.17) is 9.47 Å². The minimum atomic E-state index is -3.64. The van der Waals surface area contributed by atoms with E-state index in [1.54, 1.807) is 19.9 Å². The summed E-state index contributed by atoms with van der Waals surface area (Å²) >= 11 is 0. The molecule has 9 heteroatoms. The summed E-state index contributed by atoms with van der Waals surface area (Å²) in [5.41, 5.74) is -0.615. The Bertz CT molecular complexity index is 773. The van der Waals surface area contributed by atoms with Crippen LogP contribution in [0.2, 0.25) is 0 Å². The molecule has 0 aromatic heterocycles. The summed E-state index contributed by atoms with van der Waals surface area (Å²) in [5, 5.41) is 2.70. The molecular formula is C17H25N3O5S. The number of morpholine rings is 1. The molecule has 0 saturated carbocycles. The van der Waals surface area contributed by atoms with Crippen molar-refractivity contribution in [3.05, 3.63) is 18.2 Å². The summed E-state index contributed by atoms with van der Waals surface area (Å²) in [5.74, 6) is 0.152. The second-order valence-corrected chi connectivity index (χ2v) is 8.70. The second-order valence-electron chi connectivity index (χ2n) is 6.93. The number of benzene rings is 1. The lowest BCUT2D eigenvalue weighted by atomic mass is 10.1. The highest BCUT2D eigenvalue weighted by Crippen LogP contribution is 2.35. The van der Waals surface area contributed by atoms with E-state index < -0.39 is 15.6 Å². The fourth-order valence-electron chi connectivity index (χ4n) is 2.87. The van der Waals surface area contributed by atoms with Crippen LogP contribution in [-0.2, 0) is 19.6 Å². The predicted molar refractivity (Wildman–Crippen MR) is 96.8 cm³/mol. The number of fused-ring (bicyclic) bond motifs is 1. The van der Waals surface area contributed by atoms with Gasteiger partial charge in [0.2, 0.25) is 10.0 Å². The van der Waals surface area contributed by atoms with Crippen LogP contribution in [0.25, 0.3) is 0 Å². The molecule has 1 saturated heterocycles. The topological polar surface area (TPSA) is 97.0 Å². The minimum absolute atomic E-state index is 0.103. The smallest absolute Gasteiger partial charge is 0.268 e. The third-order valence-electron chi connectivity index (χ3n) is 4.47. The molecule has 144 valence electrons. The number of anilines is 1. The fraction of sp³-hybridized carbons (Fsp3) is 0.588. The van der Waals surface area contributed by atoms with Crippen molar-refractivity contribution in [2.45, 2.75) is 30.8 Å². The van der Waals surface area contributed by atoms with Crippen molar-refractivity contribution in [2.75, 3.05) is 44.7 Å². The third-order valence-corrected chi connectivity index (χ3v) is 5.93. The maximum Gasteiger partial charge on any atom is 0.268 e. The van der Waals surface area contributed by atoms with Crippen LogP contribution in [-0.4, -0.2) is 64.2 Å². The van der Waals surface area contributed by atoms with Crippen LogP contribution >= 0.6 is 0 Å². The molecule has 3 rings (SSSR count). The number of hydrogen-bond acceptors (Lipinski definition) is 6. The number of nitrogens with one attached hydrogen (secondary N) is 2. The van der Waals surface area contributed by atoms with Gasteiger partial charge >= 0.3 is 0 Å². The second kappa shape index (κ2) is 7.51. The van der Waals surface area contributed by atoms with Gasteiger partial charge in [0.1, 0.15) is 5.75 Å². The molecule has 1 amide bonds. The van der Waals surface area contributed by atoms with Gasteiger partial charge in [0.25, 0.3) is 5.91 Å². The number of nitrogens with zero attached hydrogens (tertiary/aromatic N) is 1. The lowest BCUT2D eigenvalue weighted by Crippen LogP contribution is -2.45. The van der Waals surface area contributed by atoms with E-state index in [-0.39, 0.29) is 10.8 Å². The van der Waals surface area contributed by atoms with Gasteiger partial charge in [-0.1, -0.05) is 0 Å². The van der Waals surface area contributed by atoms with Gasteiger partial charge in [0.05, 0.1) is 23.8 Å². The average Bonchev–Trinajstić information content (AvgIpc) is 2.60. The van der Waals surface area contributed by atoms with E-state index in [1.807, 2.05) is 0 Å². The zero-order chi connectivity index (χ0) is 18.8. The summed E-state index contributed by atoms with van der Waals surface area (Å²) in [7, 11) is -3.64. The largest absolute Gasteiger partial charge is 0.476 e. The monoisotopic (exact) mass is 383 g/mol. The van der Waals surface area contributed by atoms with E-state index in [0.717, 1.165) is 39.3 Å². The number of amides is 1. The van der Waals surface area contributed by atoms with Gasteiger partial charge in [0.15, 0.2) is 5.60 Å². The van der Waals surface area contributed by atoms with Crippen molar-refractivity contribution in [2.24, 2.45) is 0 Å². The molecule has 1 aromatic carbocycles. The van der Waals surface area contributed by atoms with E-state index in [1.165, 1.54) is 12.1 Å². The van der Waals surface area contributed by atoms with Gasteiger partial charge < -0.3 is 14.8 Å². The summed E-state index contributed by atoms with van der Waals surface area (Å²) in [6.07, 6.45) is 0.720. The number of rotatable bonds is 6. The van der Waals surface area contributed by atoms with Crippen LogP contribution < -0.4 is 14.8 Å². The van der Waals surface area contributed by atoms with Crippen molar-refractivity contribution in [1.29, 1.82) is 0 Å². The molecular weight excluding hydrogens is 358 g/mol. The Morgan fingerprint density at radius 3 is 2.73 bits per heavy atom. The summed E-state index contributed by atoms with van der Waals surface area (Å²) in [4.78, 5) is 14.3. The highest BCUT2D eigenvalue weighted by atomic mass is 32.2. The lowest BCUT2D eigenvalue weighted by molar-refractivity contribution is -0.129. The average molecular weight is 383 g/mol. The molecule has 26 heavy (non-hydrogen) atoms. The number of carbonyl (C=O) groups is 1. The Labute approximate surface area is 153 Å². The molecule has 0 atom stereocenters. The molecule has 0 aliphatic carbocycles. The normalized spacial score (nSPS) is 20.2. The zero-order valence-electron chi connectivity index (χ0n) is 15.1. The standard InChI is InChI=1S/C17H25N3O5S/c1-17(2)16(21)19-14-12-13(4-5-15(14)25-17)26(22,23)18-6-3-7-20-8-10-24-11-9-20/h4-5,12,18H,3,6-11H2,1-2H3,(H,19,21). The van der Waals surface area contributed by atoms with Gasteiger partial charge in [-0.2, -0.15) is 0 Å². The lowest BCUT2D eigenvalue weighted by Gasteiger charge is -2.31. The fourth-order valence-corrected chi connectivity index (χ4v) is 3.97. The highest BCUT2D eigenvalue weighted by molar-refractivity contribution is 7.89. The SMILES string of the molecule is CC1(C)Oc2ccc(S(=O)(=O)NCCCN3CCOCC3)cc2NC1=O. The van der Waals surface area contributed by atoms with Crippen LogP contribution in [0.15, 0.2) is 23.1 Å². The number of ether oxygens (including phenoxy) is 2. The summed E-state index contributed by atoms with van der Waals surface area (Å²) in [6.45, 7) is 7.72. The Morgan fingerprint density at radius 2 is 2.00 bits per heavy atom. The minimum Gasteiger partial charge on any atom is -0.476 e. The first kappa shape index (κ1) is 19.1. The van der Waals surface area contributed by atoms with E-state index in [9.17, 15) is 13.2 Å². The molecule has 0 spiro atoms. The van der Waals surface area contributed by atoms with Gasteiger partial charge in [-0.15, -0.1) is 0 Å². The maximum absolute atomic E-state index is 12.5. The van der Waals surface area contributed by atoms with Crippen LogP contribution in [0, 0.1) is 0 Å². The summed E-state index contributed by atoms with van der Waals surface area (Å²) in [6, 6.07) is 4.47. The van der Waals surface area contributed by atoms with Crippen LogP contribution in [0.3, 0.4) is 0 Å². The van der Waals surface area contributed by atoms with Gasteiger partial charge in [0, 0.05) is 19.6 Å². The molecule has 2 aliphatic rings. The third kappa shape index (κ3) is 4.35. The van der Waals surface area contributed by atoms with Crippen molar-refractivity contribution < 1.29 is 22.7 Å². The molecule has 2 heterocycles. The Kier molecular flexibility index (Phi) is 5.52. The van der Waals surface area contributed by atoms with E-state index >= 15 is 0 Å². The first-order valence-corrected chi connectivity index (χ1v) is 10.2. The summed E-state index contributed by atoms with van der Waals surface area (Å²) < 4.78 is 38.5. The van der Waals surface area contributed by atoms with Crippen LogP contribution in [0.5, 0.6) is 5.75 Å². The van der Waals surface area contributed by atoms with E-state index in [2.05, 4.69) is 14.9 Å². The first-order chi connectivity index (χ1) is 12.3. The molecule has 1 fully saturated rings. The van der Waals surface area contributed by atoms with Crippen LogP contribution in [0.4, 0.5) is 5.69 Å². The molecule has 1 aromatic rings. The van der Waals surface area contributed by atoms with Gasteiger partial charge in [-0.25, -0.2) is 13.1 Å². The van der Waals surface area contributed by atoms with Crippen molar-refractivity contribution in [3.63, 3.8) is 0 Å². The van der Waals surface area contributed by atoms with Crippen molar-refractivity contribution in [3.8, 4) is 5.75 Å².